The molecule has 2 heterocycles. The molecule has 0 aliphatic rings. The molecule has 34 heavy (non-hydrogen) atoms. The van der Waals surface area contributed by atoms with Crippen LogP contribution in [-0.4, -0.2) is 38.2 Å². The first-order chi connectivity index (χ1) is 16.3. The number of fused-ring (bicyclic) bond motifs is 1. The summed E-state index contributed by atoms with van der Waals surface area (Å²) in [5.41, 5.74) is 7.16. The van der Waals surface area contributed by atoms with Crippen molar-refractivity contribution in [2.45, 2.75) is 12.5 Å². The van der Waals surface area contributed by atoms with Crippen LogP contribution in [0.3, 0.4) is 0 Å². The average Bonchev–Trinajstić information content (AvgIpc) is 2.80. The summed E-state index contributed by atoms with van der Waals surface area (Å²) in [6.07, 6.45) is 1.56. The van der Waals surface area contributed by atoms with Gasteiger partial charge in [0.1, 0.15) is 23.2 Å². The second-order valence-electron chi connectivity index (χ2n) is 7.44. The van der Waals surface area contributed by atoms with Gasteiger partial charge in [0, 0.05) is 22.9 Å². The third-order valence-electron chi connectivity index (χ3n) is 4.96. The van der Waals surface area contributed by atoms with Crippen LogP contribution in [0.2, 0.25) is 5.02 Å². The van der Waals surface area contributed by atoms with E-state index in [2.05, 4.69) is 15.3 Å². The van der Waals surface area contributed by atoms with Crippen molar-refractivity contribution in [3.63, 3.8) is 0 Å². The molecular weight excluding hydrogens is 460 g/mol. The molecule has 0 saturated carbocycles. The van der Waals surface area contributed by atoms with Crippen molar-refractivity contribution in [3.8, 4) is 11.6 Å². The van der Waals surface area contributed by atoms with Gasteiger partial charge in [-0.2, -0.15) is 0 Å². The van der Waals surface area contributed by atoms with Gasteiger partial charge in [-0.1, -0.05) is 23.7 Å². The number of carboxylic acid groups (broad SMARTS) is 2. The van der Waals surface area contributed by atoms with Crippen LogP contribution in [0.15, 0.2) is 66.9 Å². The number of nitrogens with two attached hydrogens (primary N) is 1. The molecule has 0 radical (unpaired) electrons. The lowest BCUT2D eigenvalue weighted by molar-refractivity contribution is -0.137. The van der Waals surface area contributed by atoms with Gasteiger partial charge in [-0.3, -0.25) is 0 Å². The quantitative estimate of drug-likeness (QED) is 0.288. The van der Waals surface area contributed by atoms with Crippen LogP contribution in [0.25, 0.3) is 10.9 Å². The minimum absolute atomic E-state index is 0.0379. The Hall–Kier alpha value is -4.37. The Kier molecular flexibility index (Phi) is 6.46. The first-order valence-corrected chi connectivity index (χ1v) is 10.5. The SMILES string of the molecule is Nc1ccc(Oc2ccc(C[C@H](Nc3nc4ccc(Cl)cc4cc3C(=O)O)C(=O)O)cc2)nc1. The lowest BCUT2D eigenvalue weighted by Crippen LogP contribution is -2.32. The Balaban J connectivity index is 1.54. The fourth-order valence-electron chi connectivity index (χ4n) is 3.29. The number of rotatable bonds is 8. The van der Waals surface area contributed by atoms with E-state index in [-0.39, 0.29) is 17.8 Å². The van der Waals surface area contributed by atoms with Gasteiger partial charge in [0.05, 0.1) is 17.4 Å². The number of aliphatic carboxylic acids is 1. The molecule has 2 aromatic carbocycles. The fraction of sp³-hybridized carbons (Fsp3) is 0.0833. The van der Waals surface area contributed by atoms with Crippen LogP contribution in [-0.2, 0) is 11.2 Å². The number of hydrogen-bond donors (Lipinski definition) is 4. The lowest BCUT2D eigenvalue weighted by Gasteiger charge is -2.17. The van der Waals surface area contributed by atoms with Crippen LogP contribution in [0, 0.1) is 0 Å². The minimum Gasteiger partial charge on any atom is -0.480 e. The van der Waals surface area contributed by atoms with E-state index in [1.54, 1.807) is 54.6 Å². The van der Waals surface area contributed by atoms with Crippen LogP contribution >= 0.6 is 11.6 Å². The zero-order valence-electron chi connectivity index (χ0n) is 17.6. The van der Waals surface area contributed by atoms with Gasteiger partial charge in [0.15, 0.2) is 0 Å². The van der Waals surface area contributed by atoms with Crippen molar-refractivity contribution in [1.82, 2.24) is 9.97 Å². The highest BCUT2D eigenvalue weighted by molar-refractivity contribution is 6.31. The summed E-state index contributed by atoms with van der Waals surface area (Å²) in [7, 11) is 0. The molecule has 0 aliphatic heterocycles. The molecule has 0 amide bonds. The van der Waals surface area contributed by atoms with Crippen molar-refractivity contribution in [2.75, 3.05) is 11.1 Å². The van der Waals surface area contributed by atoms with Gasteiger partial charge in [0.25, 0.3) is 0 Å². The number of hydrogen-bond acceptors (Lipinski definition) is 7. The second kappa shape index (κ2) is 9.63. The summed E-state index contributed by atoms with van der Waals surface area (Å²) in [4.78, 5) is 32.1. The molecule has 4 aromatic rings. The summed E-state index contributed by atoms with van der Waals surface area (Å²) in [6.45, 7) is 0. The molecule has 0 unspecified atom stereocenters. The molecule has 9 nitrogen and oxygen atoms in total. The standard InChI is InChI=1S/C24H19ClN4O5/c25-15-3-7-19-14(10-15)11-18(23(30)31)22(28-19)29-20(24(32)33)9-13-1-5-17(6-2-13)34-21-8-4-16(26)12-27-21/h1-8,10-12,20H,9,26H2,(H,28,29)(H,30,31)(H,32,33)/t20-/m0/s1. The van der Waals surface area contributed by atoms with E-state index in [9.17, 15) is 19.8 Å². The number of nitrogens with zero attached hydrogens (tertiary/aromatic N) is 2. The van der Waals surface area contributed by atoms with Gasteiger partial charge in [-0.25, -0.2) is 19.6 Å². The second-order valence-corrected chi connectivity index (χ2v) is 7.88. The van der Waals surface area contributed by atoms with E-state index < -0.39 is 18.0 Å². The summed E-state index contributed by atoms with van der Waals surface area (Å²) in [5, 5.41) is 23.1. The lowest BCUT2D eigenvalue weighted by atomic mass is 10.0. The molecule has 10 heteroatoms. The topological polar surface area (TPSA) is 148 Å². The highest BCUT2D eigenvalue weighted by atomic mass is 35.5. The van der Waals surface area contributed by atoms with Crippen molar-refractivity contribution < 1.29 is 24.5 Å². The largest absolute Gasteiger partial charge is 0.480 e. The van der Waals surface area contributed by atoms with Gasteiger partial charge < -0.3 is 26.0 Å². The predicted octanol–water partition coefficient (Wildman–Crippen LogP) is 4.46. The Morgan fingerprint density at radius 1 is 1.06 bits per heavy atom. The normalized spacial score (nSPS) is 11.7. The molecule has 1 atom stereocenters. The Bertz CT molecular complexity index is 1360. The number of pyridine rings is 2. The number of carboxylic acids is 2. The number of anilines is 2. The van der Waals surface area contributed by atoms with E-state index in [4.69, 9.17) is 22.1 Å². The number of nitrogen functional groups attached to an aromatic ring is 1. The molecule has 0 fully saturated rings. The monoisotopic (exact) mass is 478 g/mol. The first-order valence-electron chi connectivity index (χ1n) is 10.1. The number of nitrogens with one attached hydrogen (secondary N) is 1. The van der Waals surface area contributed by atoms with Gasteiger partial charge >= 0.3 is 11.9 Å². The van der Waals surface area contributed by atoms with E-state index in [0.717, 1.165) is 0 Å². The van der Waals surface area contributed by atoms with Crippen LogP contribution < -0.4 is 15.8 Å². The maximum Gasteiger partial charge on any atom is 0.339 e. The summed E-state index contributed by atoms with van der Waals surface area (Å²) >= 11 is 5.98. The number of halogens is 1. The molecular formula is C24H19ClN4O5. The van der Waals surface area contributed by atoms with E-state index >= 15 is 0 Å². The van der Waals surface area contributed by atoms with Crippen molar-refractivity contribution >= 4 is 45.9 Å². The highest BCUT2D eigenvalue weighted by Crippen LogP contribution is 2.25. The van der Waals surface area contributed by atoms with Crippen LogP contribution in [0.1, 0.15) is 15.9 Å². The van der Waals surface area contributed by atoms with E-state index in [1.807, 2.05) is 0 Å². The fourth-order valence-corrected chi connectivity index (χ4v) is 3.47. The van der Waals surface area contributed by atoms with Crippen molar-refractivity contribution in [1.29, 1.82) is 0 Å². The number of ether oxygens (including phenoxy) is 1. The van der Waals surface area contributed by atoms with E-state index in [0.29, 0.717) is 38.8 Å². The number of aromatic carboxylic acids is 1. The van der Waals surface area contributed by atoms with Crippen molar-refractivity contribution in [3.05, 3.63) is 83.0 Å². The van der Waals surface area contributed by atoms with Gasteiger partial charge in [-0.05, 0) is 48.0 Å². The molecule has 2 aromatic heterocycles. The summed E-state index contributed by atoms with van der Waals surface area (Å²) in [6, 6.07) is 15.3. The third kappa shape index (κ3) is 5.33. The maximum atomic E-state index is 11.9. The molecule has 172 valence electrons. The Morgan fingerprint density at radius 3 is 2.47 bits per heavy atom. The van der Waals surface area contributed by atoms with Gasteiger partial charge in [-0.15, -0.1) is 0 Å². The number of aromatic nitrogens is 2. The smallest absolute Gasteiger partial charge is 0.339 e. The molecule has 0 bridgehead atoms. The number of benzene rings is 2. The minimum atomic E-state index is -1.24. The third-order valence-corrected chi connectivity index (χ3v) is 5.20. The molecule has 4 rings (SSSR count). The Morgan fingerprint density at radius 2 is 1.82 bits per heavy atom. The predicted molar refractivity (Wildman–Crippen MR) is 128 cm³/mol. The summed E-state index contributed by atoms with van der Waals surface area (Å²) in [5.74, 6) is -1.54. The maximum absolute atomic E-state index is 11.9. The zero-order chi connectivity index (χ0) is 24.2. The number of carbonyl (C=O) groups is 2. The first kappa shape index (κ1) is 22.8. The highest BCUT2D eigenvalue weighted by Gasteiger charge is 2.22. The van der Waals surface area contributed by atoms with Crippen molar-refractivity contribution in [2.24, 2.45) is 0 Å². The van der Waals surface area contributed by atoms with Crippen LogP contribution in [0.5, 0.6) is 11.6 Å². The summed E-state index contributed by atoms with van der Waals surface area (Å²) < 4.78 is 5.64. The molecule has 0 saturated heterocycles. The molecule has 0 spiro atoms. The van der Waals surface area contributed by atoms with Gasteiger partial charge in [0.2, 0.25) is 5.88 Å². The average molecular weight is 479 g/mol. The zero-order valence-corrected chi connectivity index (χ0v) is 18.4. The van der Waals surface area contributed by atoms with E-state index in [1.165, 1.54) is 12.3 Å². The molecule has 5 N–H and O–H groups in total. The molecule has 0 aliphatic carbocycles. The van der Waals surface area contributed by atoms with Crippen LogP contribution in [0.4, 0.5) is 11.5 Å². The Labute approximate surface area is 198 Å².